The highest BCUT2D eigenvalue weighted by Gasteiger charge is 2.31. The van der Waals surface area contributed by atoms with Gasteiger partial charge in [0.25, 0.3) is 10.0 Å². The zero-order valence-electron chi connectivity index (χ0n) is 15.8. The fourth-order valence-corrected chi connectivity index (χ4v) is 5.67. The molecule has 2 aliphatic rings. The van der Waals surface area contributed by atoms with Crippen LogP contribution in [0.3, 0.4) is 0 Å². The fourth-order valence-electron chi connectivity index (χ4n) is 3.71. The van der Waals surface area contributed by atoms with Gasteiger partial charge in [0.1, 0.15) is 0 Å². The van der Waals surface area contributed by atoms with E-state index in [1.54, 1.807) is 36.0 Å². The first kappa shape index (κ1) is 18.3. The molecule has 146 valence electrons. The first-order valence-corrected chi connectivity index (χ1v) is 11.7. The lowest BCUT2D eigenvalue weighted by molar-refractivity contribution is 0.584. The van der Waals surface area contributed by atoms with Crippen LogP contribution in [0.25, 0.3) is 0 Å². The number of nitrogens with zero attached hydrogens (tertiary/aromatic N) is 2. The normalized spacial score (nSPS) is 16.3. The average Bonchev–Trinajstić information content (AvgIpc) is 2.73. The van der Waals surface area contributed by atoms with E-state index in [2.05, 4.69) is 39.1 Å². The monoisotopic (exact) mass is 421 g/mol. The molecular weight excluding hydrogens is 402 g/mol. The van der Waals surface area contributed by atoms with Crippen molar-refractivity contribution in [2.24, 2.45) is 5.10 Å². The van der Waals surface area contributed by atoms with Crippen LogP contribution in [0.15, 0.2) is 86.5 Å². The third-order valence-electron chi connectivity index (χ3n) is 5.16. The Bertz CT molecular complexity index is 1240. The molecule has 0 amide bonds. The van der Waals surface area contributed by atoms with E-state index in [0.29, 0.717) is 6.42 Å². The van der Waals surface area contributed by atoms with Crippen LogP contribution in [-0.4, -0.2) is 20.7 Å². The van der Waals surface area contributed by atoms with Gasteiger partial charge in [-0.3, -0.25) is 0 Å². The predicted octanol–water partition coefficient (Wildman–Crippen LogP) is 4.68. The maximum absolute atomic E-state index is 12.6. The predicted molar refractivity (Wildman–Crippen MR) is 117 cm³/mol. The molecule has 2 heterocycles. The number of nitrogens with one attached hydrogen (secondary N) is 1. The molecule has 0 unspecified atom stereocenters. The minimum atomic E-state index is -3.70. The summed E-state index contributed by atoms with van der Waals surface area (Å²) in [5, 5.41) is 4.33. The van der Waals surface area contributed by atoms with Gasteiger partial charge >= 0.3 is 0 Å². The minimum Gasteiger partial charge on any atom is -0.339 e. The van der Waals surface area contributed by atoms with Crippen molar-refractivity contribution in [2.75, 3.05) is 11.4 Å². The number of aryl methyl sites for hydroxylation is 1. The molecule has 0 saturated carbocycles. The first-order chi connectivity index (χ1) is 14.0. The van der Waals surface area contributed by atoms with Gasteiger partial charge in [-0.25, -0.2) is 0 Å². The van der Waals surface area contributed by atoms with Crippen molar-refractivity contribution in [3.8, 4) is 0 Å². The summed E-state index contributed by atoms with van der Waals surface area (Å²) in [6, 6.07) is 21.2. The van der Waals surface area contributed by atoms with Crippen molar-refractivity contribution in [3.05, 3.63) is 77.9 Å². The quantitative estimate of drug-likeness (QED) is 0.624. The van der Waals surface area contributed by atoms with E-state index in [0.717, 1.165) is 34.0 Å². The Morgan fingerprint density at radius 2 is 1.72 bits per heavy atom. The average molecular weight is 422 g/mol. The summed E-state index contributed by atoms with van der Waals surface area (Å²) >= 11 is 1.74. The van der Waals surface area contributed by atoms with E-state index >= 15 is 0 Å². The Balaban J connectivity index is 1.51. The van der Waals surface area contributed by atoms with Gasteiger partial charge in [-0.05, 0) is 37.3 Å². The van der Waals surface area contributed by atoms with Gasteiger partial charge in [0.05, 0.1) is 22.0 Å². The largest absolute Gasteiger partial charge is 0.339 e. The summed E-state index contributed by atoms with van der Waals surface area (Å²) in [7, 11) is -3.70. The van der Waals surface area contributed by atoms with Crippen LogP contribution in [-0.2, 0) is 10.0 Å². The molecule has 0 saturated heterocycles. The fraction of sp³-hybridized carbons (Fsp3) is 0.136. The summed E-state index contributed by atoms with van der Waals surface area (Å²) in [6.45, 7) is 2.68. The number of rotatable bonds is 3. The van der Waals surface area contributed by atoms with Crippen molar-refractivity contribution >= 4 is 38.9 Å². The number of anilines is 2. The molecular formula is C22H19N3O2S2. The maximum Gasteiger partial charge on any atom is 0.276 e. The van der Waals surface area contributed by atoms with Gasteiger partial charge in [0.15, 0.2) is 0 Å². The second kappa shape index (κ2) is 6.93. The third kappa shape index (κ3) is 3.20. The van der Waals surface area contributed by atoms with Gasteiger partial charge in [-0.2, -0.15) is 18.4 Å². The molecule has 7 heteroatoms. The zero-order valence-corrected chi connectivity index (χ0v) is 17.4. The number of para-hydroxylation sites is 2. The lowest BCUT2D eigenvalue weighted by Crippen LogP contribution is -2.32. The molecule has 0 aliphatic carbocycles. The summed E-state index contributed by atoms with van der Waals surface area (Å²) < 4.78 is 25.3. The Hall–Kier alpha value is -2.77. The Kier molecular flexibility index (Phi) is 4.37. The van der Waals surface area contributed by atoms with Crippen LogP contribution in [0.5, 0.6) is 0 Å². The molecule has 0 spiro atoms. The summed E-state index contributed by atoms with van der Waals surface area (Å²) in [4.78, 5) is 7.35. The van der Waals surface area contributed by atoms with Gasteiger partial charge in [0, 0.05) is 28.3 Å². The van der Waals surface area contributed by atoms with Gasteiger partial charge in [-0.15, -0.1) is 0 Å². The lowest BCUT2D eigenvalue weighted by Gasteiger charge is -2.37. The minimum absolute atomic E-state index is 0.212. The first-order valence-electron chi connectivity index (χ1n) is 9.36. The van der Waals surface area contributed by atoms with E-state index in [4.69, 9.17) is 0 Å². The second-order valence-electron chi connectivity index (χ2n) is 7.09. The van der Waals surface area contributed by atoms with Crippen LogP contribution in [0, 0.1) is 6.92 Å². The van der Waals surface area contributed by atoms with E-state index < -0.39 is 10.0 Å². The van der Waals surface area contributed by atoms with Crippen LogP contribution in [0.4, 0.5) is 11.4 Å². The van der Waals surface area contributed by atoms with Crippen molar-refractivity contribution in [1.82, 2.24) is 4.83 Å². The van der Waals surface area contributed by atoms with Crippen LogP contribution < -0.4 is 9.73 Å². The highest BCUT2D eigenvalue weighted by molar-refractivity contribution is 7.99. The number of fused-ring (bicyclic) bond motifs is 2. The summed E-state index contributed by atoms with van der Waals surface area (Å²) in [5.41, 5.74) is 5.04. The number of benzene rings is 3. The van der Waals surface area contributed by atoms with Gasteiger partial charge < -0.3 is 4.90 Å². The maximum atomic E-state index is 12.6. The molecule has 1 N–H and O–H groups in total. The molecule has 29 heavy (non-hydrogen) atoms. The Morgan fingerprint density at radius 3 is 2.55 bits per heavy atom. The molecule has 3 aromatic rings. The molecule has 0 fully saturated rings. The molecule has 0 aromatic heterocycles. The standard InChI is InChI=1S/C22H19N3O2S2/c1-15-9-11-16(12-10-15)29(26,27)24-23-18-13-14-25-19-6-2-3-7-20(19)28-21-8-4-5-17(18)22(21)25/h2-12,24H,13-14H2,1H3/b23-18-. The highest BCUT2D eigenvalue weighted by Crippen LogP contribution is 2.50. The van der Waals surface area contributed by atoms with Crippen LogP contribution in [0.2, 0.25) is 0 Å². The molecule has 0 bridgehead atoms. The summed E-state index contributed by atoms with van der Waals surface area (Å²) in [5.74, 6) is 0. The SMILES string of the molecule is Cc1ccc(S(=O)(=O)N/N=C2/CCN3c4ccccc4Sc4cccc2c43)cc1. The van der Waals surface area contributed by atoms with Crippen molar-refractivity contribution in [1.29, 1.82) is 0 Å². The molecule has 2 aliphatic heterocycles. The highest BCUT2D eigenvalue weighted by atomic mass is 32.2. The molecule has 0 radical (unpaired) electrons. The van der Waals surface area contributed by atoms with E-state index in [1.807, 2.05) is 25.1 Å². The smallest absolute Gasteiger partial charge is 0.276 e. The summed E-state index contributed by atoms with van der Waals surface area (Å²) in [6.07, 6.45) is 0.659. The molecule has 5 rings (SSSR count). The van der Waals surface area contributed by atoms with Crippen molar-refractivity contribution in [2.45, 2.75) is 28.0 Å². The van der Waals surface area contributed by atoms with Crippen molar-refractivity contribution in [3.63, 3.8) is 0 Å². The molecule has 5 nitrogen and oxygen atoms in total. The van der Waals surface area contributed by atoms with Crippen molar-refractivity contribution < 1.29 is 8.42 Å². The Morgan fingerprint density at radius 1 is 0.966 bits per heavy atom. The van der Waals surface area contributed by atoms with E-state index in [1.165, 1.54) is 10.6 Å². The number of hydrazone groups is 1. The van der Waals surface area contributed by atoms with Crippen LogP contribution in [0.1, 0.15) is 17.5 Å². The Labute approximate surface area is 174 Å². The topological polar surface area (TPSA) is 61.8 Å². The lowest BCUT2D eigenvalue weighted by atomic mass is 9.98. The number of hydrogen-bond acceptors (Lipinski definition) is 5. The second-order valence-corrected chi connectivity index (χ2v) is 9.83. The van der Waals surface area contributed by atoms with E-state index in [-0.39, 0.29) is 4.90 Å². The van der Waals surface area contributed by atoms with Gasteiger partial charge in [-0.1, -0.05) is 53.7 Å². The van der Waals surface area contributed by atoms with Crippen LogP contribution >= 0.6 is 11.8 Å². The van der Waals surface area contributed by atoms with Gasteiger partial charge in [0.2, 0.25) is 0 Å². The number of hydrogen-bond donors (Lipinski definition) is 1. The number of sulfonamides is 1. The third-order valence-corrected chi connectivity index (χ3v) is 7.50. The molecule has 3 aromatic carbocycles. The zero-order chi connectivity index (χ0) is 20.0. The van der Waals surface area contributed by atoms with E-state index in [9.17, 15) is 8.42 Å². The molecule has 0 atom stereocenters.